The first-order valence-electron chi connectivity index (χ1n) is 11.8. The Hall–Kier alpha value is -3.03. The Morgan fingerprint density at radius 1 is 1.00 bits per heavy atom. The van der Waals surface area contributed by atoms with Crippen LogP contribution in [0.2, 0.25) is 0 Å². The summed E-state index contributed by atoms with van der Waals surface area (Å²) in [7, 11) is 1.03. The summed E-state index contributed by atoms with van der Waals surface area (Å²) in [6.45, 7) is 7.01. The van der Waals surface area contributed by atoms with Gasteiger partial charge in [0.05, 0.1) is 42.3 Å². The zero-order valence-electron chi connectivity index (χ0n) is 21.4. The van der Waals surface area contributed by atoms with Crippen LogP contribution in [-0.2, 0) is 21.9 Å². The Morgan fingerprint density at radius 2 is 1.53 bits per heavy atom. The monoisotopic (exact) mass is 549 g/mol. The van der Waals surface area contributed by atoms with Crippen LogP contribution in [-0.4, -0.2) is 42.8 Å². The van der Waals surface area contributed by atoms with E-state index < -0.39 is 47.3 Å². The SMILES string of the molecule is CCOC(=O)N1c2cc(C)c(C)cc2N(C(c2cc(C(F)(F)F)cc(C(F)(F)F)c2)N(O)OC)C[C@H]1CC. The second-order valence-corrected chi connectivity index (χ2v) is 8.91. The Morgan fingerprint density at radius 3 is 1.97 bits per heavy atom. The van der Waals surface area contributed by atoms with Gasteiger partial charge in [-0.2, -0.15) is 26.3 Å². The highest BCUT2D eigenvalue weighted by Gasteiger charge is 2.43. The highest BCUT2D eigenvalue weighted by Crippen LogP contribution is 2.45. The number of halogens is 6. The minimum atomic E-state index is -5.09. The summed E-state index contributed by atoms with van der Waals surface area (Å²) >= 11 is 0. The van der Waals surface area contributed by atoms with Gasteiger partial charge in [0.1, 0.15) is 0 Å². The first-order chi connectivity index (χ1) is 17.6. The number of carbonyl (C=O) groups excluding carboxylic acids is 1. The number of carbonyl (C=O) groups is 1. The lowest BCUT2D eigenvalue weighted by atomic mass is 9.97. The highest BCUT2D eigenvalue weighted by atomic mass is 19.4. The Labute approximate surface area is 216 Å². The molecular formula is C25H29F6N3O4. The Balaban J connectivity index is 2.31. The van der Waals surface area contributed by atoms with E-state index >= 15 is 0 Å². The van der Waals surface area contributed by atoms with E-state index in [-0.39, 0.29) is 30.1 Å². The van der Waals surface area contributed by atoms with Gasteiger partial charge in [-0.05, 0) is 79.4 Å². The molecule has 0 saturated heterocycles. The minimum absolute atomic E-state index is 0.0179. The van der Waals surface area contributed by atoms with Crippen molar-refractivity contribution in [3.8, 4) is 0 Å². The van der Waals surface area contributed by atoms with Gasteiger partial charge in [0.25, 0.3) is 0 Å². The number of amides is 1. The minimum Gasteiger partial charge on any atom is -0.449 e. The molecule has 2 aromatic rings. The maximum absolute atomic E-state index is 13.6. The zero-order valence-corrected chi connectivity index (χ0v) is 21.4. The summed E-state index contributed by atoms with van der Waals surface area (Å²) in [6, 6.07) is 3.85. The van der Waals surface area contributed by atoms with Gasteiger partial charge in [0, 0.05) is 6.54 Å². The molecule has 0 bridgehead atoms. The average molecular weight is 550 g/mol. The molecule has 210 valence electrons. The molecule has 3 rings (SSSR count). The molecule has 13 heteroatoms. The fraction of sp³-hybridized carbons (Fsp3) is 0.480. The normalized spacial score (nSPS) is 17.0. The molecule has 0 saturated carbocycles. The van der Waals surface area contributed by atoms with E-state index in [0.29, 0.717) is 24.2 Å². The van der Waals surface area contributed by atoms with Crippen LogP contribution in [0.4, 0.5) is 42.5 Å². The quantitative estimate of drug-likeness (QED) is 0.314. The van der Waals surface area contributed by atoms with Crippen molar-refractivity contribution in [2.24, 2.45) is 0 Å². The molecule has 2 aromatic carbocycles. The van der Waals surface area contributed by atoms with Crippen molar-refractivity contribution >= 4 is 17.5 Å². The van der Waals surface area contributed by atoms with Crippen LogP contribution in [0.3, 0.4) is 0 Å². The standard InChI is InChI=1S/C25H29F6N3O4/c1-6-19-13-32(20-8-14(3)15(4)9-21(20)33(19)23(35)38-7-2)22(34(36)37-5)16-10-17(24(26,27)28)12-18(11-16)25(29,30)31/h8-12,19,22,36H,6-7,13H2,1-5H3/t19-,22?/m1/s1. The number of alkyl halides is 6. The van der Waals surface area contributed by atoms with Crippen LogP contribution in [0.5, 0.6) is 0 Å². The smallest absolute Gasteiger partial charge is 0.416 e. The van der Waals surface area contributed by atoms with Crippen LogP contribution in [0.25, 0.3) is 0 Å². The number of benzene rings is 2. The Bertz CT molecular complexity index is 1140. The molecule has 0 aromatic heterocycles. The number of rotatable bonds is 6. The number of ether oxygens (including phenoxy) is 1. The van der Waals surface area contributed by atoms with Crippen molar-refractivity contribution in [3.05, 3.63) is 58.1 Å². The lowest BCUT2D eigenvalue weighted by Crippen LogP contribution is -2.54. The summed E-state index contributed by atoms with van der Waals surface area (Å²) in [5.41, 5.74) is -1.42. The molecule has 2 atom stereocenters. The third kappa shape index (κ3) is 5.84. The number of hydrogen-bond donors (Lipinski definition) is 1. The largest absolute Gasteiger partial charge is 0.449 e. The van der Waals surface area contributed by atoms with Gasteiger partial charge in [-0.1, -0.05) is 6.92 Å². The second-order valence-electron chi connectivity index (χ2n) is 8.91. The molecule has 1 aliphatic heterocycles. The lowest BCUT2D eigenvalue weighted by molar-refractivity contribution is -0.351. The van der Waals surface area contributed by atoms with E-state index in [2.05, 4.69) is 0 Å². The van der Waals surface area contributed by atoms with Crippen molar-refractivity contribution in [1.82, 2.24) is 5.23 Å². The third-order valence-electron chi connectivity index (χ3n) is 6.47. The number of anilines is 2. The van der Waals surface area contributed by atoms with Gasteiger partial charge in [-0.3, -0.25) is 14.9 Å². The van der Waals surface area contributed by atoms with Crippen molar-refractivity contribution in [1.29, 1.82) is 0 Å². The molecule has 0 spiro atoms. The highest BCUT2D eigenvalue weighted by molar-refractivity contribution is 5.95. The molecule has 1 unspecified atom stereocenters. The summed E-state index contributed by atoms with van der Waals surface area (Å²) in [5, 5.41) is 10.9. The number of hydroxylamine groups is 2. The predicted octanol–water partition coefficient (Wildman–Crippen LogP) is 6.85. The van der Waals surface area contributed by atoms with E-state index in [1.807, 2.05) is 0 Å². The first-order valence-corrected chi connectivity index (χ1v) is 11.8. The van der Waals surface area contributed by atoms with Crippen molar-refractivity contribution in [2.75, 3.05) is 30.1 Å². The molecule has 7 nitrogen and oxygen atoms in total. The fourth-order valence-corrected chi connectivity index (χ4v) is 4.45. The van der Waals surface area contributed by atoms with Gasteiger partial charge < -0.3 is 9.64 Å². The molecule has 0 aliphatic carbocycles. The first kappa shape index (κ1) is 29.5. The van der Waals surface area contributed by atoms with E-state index in [9.17, 15) is 36.3 Å². The fourth-order valence-electron chi connectivity index (χ4n) is 4.45. The summed E-state index contributed by atoms with van der Waals surface area (Å²) in [4.78, 5) is 20.7. The predicted molar refractivity (Wildman–Crippen MR) is 127 cm³/mol. The average Bonchev–Trinajstić information content (AvgIpc) is 2.83. The number of hydrogen-bond acceptors (Lipinski definition) is 6. The van der Waals surface area contributed by atoms with Crippen LogP contribution in [0.15, 0.2) is 30.3 Å². The molecular weight excluding hydrogens is 520 g/mol. The summed E-state index contributed by atoms with van der Waals surface area (Å²) in [5.74, 6) is 0. The topological polar surface area (TPSA) is 65.5 Å². The second kappa shape index (κ2) is 11.0. The third-order valence-corrected chi connectivity index (χ3v) is 6.47. The van der Waals surface area contributed by atoms with E-state index in [1.54, 1.807) is 39.8 Å². The molecule has 38 heavy (non-hydrogen) atoms. The van der Waals surface area contributed by atoms with E-state index in [4.69, 9.17) is 9.57 Å². The summed E-state index contributed by atoms with van der Waals surface area (Å²) < 4.78 is 87.1. The number of aryl methyl sites for hydroxylation is 2. The zero-order chi connectivity index (χ0) is 28.6. The van der Waals surface area contributed by atoms with Crippen LogP contribution < -0.4 is 9.80 Å². The van der Waals surface area contributed by atoms with E-state index in [1.165, 1.54) is 9.80 Å². The van der Waals surface area contributed by atoms with Crippen molar-refractivity contribution in [3.63, 3.8) is 0 Å². The lowest BCUT2D eigenvalue weighted by Gasteiger charge is -2.47. The maximum atomic E-state index is 13.6. The maximum Gasteiger partial charge on any atom is 0.416 e. The number of nitrogens with zero attached hydrogens (tertiary/aromatic N) is 3. The molecule has 1 heterocycles. The van der Waals surface area contributed by atoms with Gasteiger partial charge in [0.15, 0.2) is 6.17 Å². The molecule has 0 fully saturated rings. The van der Waals surface area contributed by atoms with Crippen LogP contribution in [0.1, 0.15) is 54.3 Å². The summed E-state index contributed by atoms with van der Waals surface area (Å²) in [6.07, 6.45) is -12.1. The van der Waals surface area contributed by atoms with Crippen LogP contribution in [0, 0.1) is 13.8 Å². The number of fused-ring (bicyclic) bond motifs is 1. The van der Waals surface area contributed by atoms with Gasteiger partial charge in [-0.15, -0.1) is 0 Å². The molecule has 1 N–H and O–H groups in total. The van der Waals surface area contributed by atoms with Gasteiger partial charge in [-0.25, -0.2) is 4.79 Å². The van der Waals surface area contributed by atoms with E-state index in [0.717, 1.165) is 18.2 Å². The van der Waals surface area contributed by atoms with Crippen molar-refractivity contribution in [2.45, 2.75) is 58.7 Å². The van der Waals surface area contributed by atoms with Crippen molar-refractivity contribution < 1.29 is 45.9 Å². The molecule has 0 radical (unpaired) electrons. The molecule has 1 aliphatic rings. The van der Waals surface area contributed by atoms with Crippen LogP contribution >= 0.6 is 0 Å². The van der Waals surface area contributed by atoms with Gasteiger partial charge >= 0.3 is 18.4 Å². The van der Waals surface area contributed by atoms with Gasteiger partial charge in [0.2, 0.25) is 0 Å². The molecule has 1 amide bonds. The Kier molecular flexibility index (Phi) is 8.54.